The van der Waals surface area contributed by atoms with Gasteiger partial charge in [-0.1, -0.05) is 41.4 Å². The third-order valence-corrected chi connectivity index (χ3v) is 1.99. The van der Waals surface area contributed by atoms with E-state index in [2.05, 4.69) is 6.92 Å². The Labute approximate surface area is 76.4 Å². The average molecular weight is 186 g/mol. The molecule has 0 aromatic heterocycles. The van der Waals surface area contributed by atoms with Crippen LogP contribution in [0.1, 0.15) is 5.56 Å². The summed E-state index contributed by atoms with van der Waals surface area (Å²) >= 11 is 11.5. The van der Waals surface area contributed by atoms with Gasteiger partial charge in [0.15, 0.2) is 0 Å². The van der Waals surface area contributed by atoms with Crippen molar-refractivity contribution in [3.63, 3.8) is 0 Å². The molecule has 0 heterocycles. The molecule has 0 nitrogen and oxygen atoms in total. The summed E-state index contributed by atoms with van der Waals surface area (Å²) < 4.78 is 0. The average Bonchev–Trinajstić information content (AvgIpc) is 1.98. The van der Waals surface area contributed by atoms with Gasteiger partial charge in [0.05, 0.1) is 10.0 Å². The lowest BCUT2D eigenvalue weighted by Crippen LogP contribution is -1.72. The fraction of sp³-hybridized carbons (Fsp3) is 0. The molecule has 1 radical (unpaired) electrons. The Morgan fingerprint density at radius 2 is 1.91 bits per heavy atom. The maximum Gasteiger partial charge on any atom is 0.0598 e. The van der Waals surface area contributed by atoms with Crippen molar-refractivity contribution >= 4 is 29.3 Å². The molecule has 0 aliphatic heterocycles. The highest BCUT2D eigenvalue weighted by molar-refractivity contribution is 6.42. The molecular formula is C9H7Cl2. The van der Waals surface area contributed by atoms with E-state index in [4.69, 9.17) is 23.2 Å². The van der Waals surface area contributed by atoms with Crippen LogP contribution in [0.15, 0.2) is 24.3 Å². The van der Waals surface area contributed by atoms with E-state index in [-0.39, 0.29) is 0 Å². The Balaban J connectivity index is 3.05. The SMILES string of the molecule is [CH2]C=Cc1ccc(Cl)c(Cl)c1. The van der Waals surface area contributed by atoms with Crippen LogP contribution < -0.4 is 0 Å². The van der Waals surface area contributed by atoms with E-state index in [1.165, 1.54) is 0 Å². The maximum absolute atomic E-state index is 5.76. The van der Waals surface area contributed by atoms with E-state index in [1.807, 2.05) is 12.1 Å². The highest BCUT2D eigenvalue weighted by atomic mass is 35.5. The normalized spacial score (nSPS) is 10.8. The van der Waals surface area contributed by atoms with E-state index in [1.54, 1.807) is 18.2 Å². The van der Waals surface area contributed by atoms with Gasteiger partial charge in [-0.15, -0.1) is 0 Å². The second kappa shape index (κ2) is 3.80. The molecule has 0 spiro atoms. The van der Waals surface area contributed by atoms with Gasteiger partial charge < -0.3 is 0 Å². The molecular weight excluding hydrogens is 179 g/mol. The predicted octanol–water partition coefficient (Wildman–Crippen LogP) is 3.84. The summed E-state index contributed by atoms with van der Waals surface area (Å²) in [7, 11) is 0. The molecule has 1 rings (SSSR count). The second-order valence-electron chi connectivity index (χ2n) is 2.08. The molecule has 11 heavy (non-hydrogen) atoms. The van der Waals surface area contributed by atoms with Gasteiger partial charge in [-0.05, 0) is 24.6 Å². The summed E-state index contributed by atoms with van der Waals surface area (Å²) in [6, 6.07) is 5.45. The summed E-state index contributed by atoms with van der Waals surface area (Å²) in [5, 5.41) is 1.15. The second-order valence-corrected chi connectivity index (χ2v) is 2.89. The van der Waals surface area contributed by atoms with E-state index < -0.39 is 0 Å². The third-order valence-electron chi connectivity index (χ3n) is 1.25. The number of halogens is 2. The van der Waals surface area contributed by atoms with Crippen molar-refractivity contribution in [3.8, 4) is 0 Å². The Hall–Kier alpha value is -0.460. The first-order chi connectivity index (χ1) is 5.24. The highest BCUT2D eigenvalue weighted by Gasteiger charge is 1.95. The molecule has 1 aromatic rings. The van der Waals surface area contributed by atoms with Gasteiger partial charge in [-0.25, -0.2) is 0 Å². The van der Waals surface area contributed by atoms with Crippen LogP contribution >= 0.6 is 23.2 Å². The molecule has 0 fully saturated rings. The number of allylic oxidation sites excluding steroid dienone is 1. The number of rotatable bonds is 1. The summed E-state index contributed by atoms with van der Waals surface area (Å²) in [5.74, 6) is 0. The zero-order chi connectivity index (χ0) is 8.27. The van der Waals surface area contributed by atoms with Gasteiger partial charge in [0.1, 0.15) is 0 Å². The van der Waals surface area contributed by atoms with Gasteiger partial charge in [0.25, 0.3) is 0 Å². The first-order valence-corrected chi connectivity index (χ1v) is 3.90. The van der Waals surface area contributed by atoms with Crippen molar-refractivity contribution in [2.24, 2.45) is 0 Å². The molecule has 0 unspecified atom stereocenters. The minimum atomic E-state index is 0.572. The van der Waals surface area contributed by atoms with Crippen LogP contribution in [-0.2, 0) is 0 Å². The molecule has 0 atom stereocenters. The number of hydrogen-bond donors (Lipinski definition) is 0. The first kappa shape index (κ1) is 8.63. The largest absolute Gasteiger partial charge is 0.0836 e. The molecule has 0 bridgehead atoms. The zero-order valence-electron chi connectivity index (χ0n) is 5.85. The fourth-order valence-corrected chi connectivity index (χ4v) is 1.06. The highest BCUT2D eigenvalue weighted by Crippen LogP contribution is 2.22. The Morgan fingerprint density at radius 1 is 1.18 bits per heavy atom. The lowest BCUT2D eigenvalue weighted by atomic mass is 10.2. The quantitative estimate of drug-likeness (QED) is 0.624. The summed E-state index contributed by atoms with van der Waals surface area (Å²) in [4.78, 5) is 0. The van der Waals surface area contributed by atoms with Crippen LogP contribution in [0.25, 0.3) is 6.08 Å². The van der Waals surface area contributed by atoms with Gasteiger partial charge in [-0.3, -0.25) is 0 Å². The van der Waals surface area contributed by atoms with Crippen molar-refractivity contribution in [1.29, 1.82) is 0 Å². The van der Waals surface area contributed by atoms with Crippen molar-refractivity contribution in [3.05, 3.63) is 46.8 Å². The number of benzene rings is 1. The van der Waals surface area contributed by atoms with E-state index in [9.17, 15) is 0 Å². The molecule has 57 valence electrons. The standard InChI is InChI=1S/C9H7Cl2/c1-2-3-7-4-5-8(10)9(11)6-7/h2-6H,1H2. The van der Waals surface area contributed by atoms with Crippen LogP contribution in [0.4, 0.5) is 0 Å². The van der Waals surface area contributed by atoms with Gasteiger partial charge in [-0.2, -0.15) is 0 Å². The van der Waals surface area contributed by atoms with Gasteiger partial charge in [0, 0.05) is 0 Å². The van der Waals surface area contributed by atoms with Gasteiger partial charge in [0.2, 0.25) is 0 Å². The first-order valence-electron chi connectivity index (χ1n) is 3.15. The Kier molecular flexibility index (Phi) is 2.98. The van der Waals surface area contributed by atoms with E-state index in [0.717, 1.165) is 5.56 Å². The van der Waals surface area contributed by atoms with Crippen LogP contribution in [-0.4, -0.2) is 0 Å². The Bertz CT molecular complexity index is 277. The zero-order valence-corrected chi connectivity index (χ0v) is 7.36. The molecule has 0 amide bonds. The van der Waals surface area contributed by atoms with Crippen LogP contribution in [0.3, 0.4) is 0 Å². The summed E-state index contributed by atoms with van der Waals surface area (Å²) in [6.07, 6.45) is 3.57. The molecule has 0 saturated heterocycles. The van der Waals surface area contributed by atoms with Crippen LogP contribution in [0, 0.1) is 6.92 Å². The van der Waals surface area contributed by atoms with Gasteiger partial charge >= 0.3 is 0 Å². The molecule has 0 N–H and O–H groups in total. The minimum Gasteiger partial charge on any atom is -0.0836 e. The van der Waals surface area contributed by atoms with Crippen LogP contribution in [0.2, 0.25) is 10.0 Å². The lowest BCUT2D eigenvalue weighted by Gasteiger charge is -1.96. The van der Waals surface area contributed by atoms with E-state index in [0.29, 0.717) is 10.0 Å². The lowest BCUT2D eigenvalue weighted by molar-refractivity contribution is 1.65. The third kappa shape index (κ3) is 2.25. The van der Waals surface area contributed by atoms with Crippen LogP contribution in [0.5, 0.6) is 0 Å². The summed E-state index contributed by atoms with van der Waals surface area (Å²) in [6.45, 7) is 3.58. The van der Waals surface area contributed by atoms with Crippen molar-refractivity contribution in [1.82, 2.24) is 0 Å². The Morgan fingerprint density at radius 3 is 2.45 bits per heavy atom. The number of hydrogen-bond acceptors (Lipinski definition) is 0. The topological polar surface area (TPSA) is 0 Å². The molecule has 0 aliphatic rings. The van der Waals surface area contributed by atoms with Crippen molar-refractivity contribution in [2.45, 2.75) is 0 Å². The predicted molar refractivity (Wildman–Crippen MR) is 50.9 cm³/mol. The maximum atomic E-state index is 5.76. The minimum absolute atomic E-state index is 0.572. The molecule has 2 heteroatoms. The van der Waals surface area contributed by atoms with E-state index >= 15 is 0 Å². The molecule has 0 saturated carbocycles. The molecule has 0 aliphatic carbocycles. The summed E-state index contributed by atoms with van der Waals surface area (Å²) in [5.41, 5.74) is 1.01. The molecule has 1 aromatic carbocycles. The fourth-order valence-electron chi connectivity index (χ4n) is 0.752. The monoisotopic (exact) mass is 185 g/mol. The van der Waals surface area contributed by atoms with Crippen molar-refractivity contribution in [2.75, 3.05) is 0 Å². The smallest absolute Gasteiger partial charge is 0.0598 e. The van der Waals surface area contributed by atoms with Crippen molar-refractivity contribution < 1.29 is 0 Å².